The molecule has 5 heteroatoms. The Kier molecular flexibility index (Phi) is 5.75. The van der Waals surface area contributed by atoms with Gasteiger partial charge in [0.25, 0.3) is 0 Å². The first kappa shape index (κ1) is 15.1. The molecule has 104 valence electrons. The molecule has 0 aliphatic rings. The fourth-order valence-corrected chi connectivity index (χ4v) is 2.25. The second kappa shape index (κ2) is 6.85. The van der Waals surface area contributed by atoms with E-state index < -0.39 is 0 Å². The third-order valence-corrected chi connectivity index (χ3v) is 3.32. The number of hydrogen-bond acceptors (Lipinski definition) is 4. The molecule has 1 heterocycles. The number of aromatic nitrogens is 3. The second-order valence-corrected chi connectivity index (χ2v) is 5.54. The zero-order valence-corrected chi connectivity index (χ0v) is 11.8. The summed E-state index contributed by atoms with van der Waals surface area (Å²) in [6.07, 6.45) is 4.20. The highest BCUT2D eigenvalue weighted by Crippen LogP contribution is 2.26. The molecule has 1 unspecified atom stereocenters. The lowest BCUT2D eigenvalue weighted by Crippen LogP contribution is -2.37. The number of nitrogens with two attached hydrogens (primary N) is 1. The molecule has 0 radical (unpaired) electrons. The van der Waals surface area contributed by atoms with Crippen LogP contribution in [0.1, 0.15) is 39.4 Å². The van der Waals surface area contributed by atoms with Crippen molar-refractivity contribution in [2.75, 3.05) is 13.2 Å². The highest BCUT2D eigenvalue weighted by Gasteiger charge is 2.29. The van der Waals surface area contributed by atoms with Gasteiger partial charge in [-0.1, -0.05) is 27.2 Å². The summed E-state index contributed by atoms with van der Waals surface area (Å²) in [7, 11) is 0. The summed E-state index contributed by atoms with van der Waals surface area (Å²) in [5.41, 5.74) is 5.60. The summed E-state index contributed by atoms with van der Waals surface area (Å²) in [5, 5.41) is 13.9. The van der Waals surface area contributed by atoms with E-state index in [2.05, 4.69) is 30.9 Å². The molecule has 0 fully saturated rings. The molecule has 0 spiro atoms. The number of aliphatic hydroxyl groups excluding tert-OH is 1. The monoisotopic (exact) mass is 254 g/mol. The van der Waals surface area contributed by atoms with Gasteiger partial charge in [0.05, 0.1) is 6.61 Å². The molecule has 18 heavy (non-hydrogen) atoms. The van der Waals surface area contributed by atoms with Gasteiger partial charge in [-0.05, 0) is 12.3 Å². The highest BCUT2D eigenvalue weighted by molar-refractivity contribution is 4.95. The van der Waals surface area contributed by atoms with Gasteiger partial charge in [0, 0.05) is 24.9 Å². The maximum atomic E-state index is 9.64. The average Bonchev–Trinajstić information content (AvgIpc) is 2.75. The van der Waals surface area contributed by atoms with Crippen molar-refractivity contribution in [3.8, 4) is 0 Å². The molecule has 0 amide bonds. The minimum absolute atomic E-state index is 0.103. The Morgan fingerprint density at radius 3 is 2.72 bits per heavy atom. The number of hydrogen-bond donors (Lipinski definition) is 2. The van der Waals surface area contributed by atoms with E-state index in [1.165, 1.54) is 0 Å². The Balaban J connectivity index is 2.83. The molecule has 0 aliphatic carbocycles. The Bertz CT molecular complexity index is 345. The van der Waals surface area contributed by atoms with Crippen LogP contribution in [0.5, 0.6) is 0 Å². The normalized spacial score (nSPS) is 15.0. The first-order valence-corrected chi connectivity index (χ1v) is 6.74. The molecule has 1 rings (SSSR count). The first-order valence-electron chi connectivity index (χ1n) is 6.74. The van der Waals surface area contributed by atoms with Gasteiger partial charge in [-0.2, -0.15) is 5.10 Å². The molecule has 5 nitrogen and oxygen atoms in total. The molecular weight excluding hydrogens is 228 g/mol. The lowest BCUT2D eigenvalue weighted by molar-refractivity contribution is 0.117. The molecule has 1 aromatic rings. The van der Waals surface area contributed by atoms with Crippen LogP contribution in [0.4, 0.5) is 0 Å². The molecule has 0 aliphatic heterocycles. The van der Waals surface area contributed by atoms with Crippen molar-refractivity contribution in [3.05, 3.63) is 12.2 Å². The summed E-state index contributed by atoms with van der Waals surface area (Å²) >= 11 is 0. The zero-order valence-electron chi connectivity index (χ0n) is 11.8. The molecule has 3 N–H and O–H groups in total. The quantitative estimate of drug-likeness (QED) is 0.731. The van der Waals surface area contributed by atoms with Crippen molar-refractivity contribution in [1.29, 1.82) is 0 Å². The van der Waals surface area contributed by atoms with Crippen LogP contribution in [-0.4, -0.2) is 33.0 Å². The lowest BCUT2D eigenvalue weighted by atomic mass is 9.80. The van der Waals surface area contributed by atoms with Gasteiger partial charge in [0.1, 0.15) is 12.2 Å². The lowest BCUT2D eigenvalue weighted by Gasteiger charge is -2.29. The first-order chi connectivity index (χ1) is 8.56. The SMILES string of the molecule is CCCC(CN)(CO)Cc1ncnn1CC(C)C. The van der Waals surface area contributed by atoms with Gasteiger partial charge in [-0.3, -0.25) is 0 Å². The van der Waals surface area contributed by atoms with Gasteiger partial charge >= 0.3 is 0 Å². The van der Waals surface area contributed by atoms with Gasteiger partial charge < -0.3 is 10.8 Å². The van der Waals surface area contributed by atoms with Crippen LogP contribution in [0, 0.1) is 11.3 Å². The molecule has 0 aromatic carbocycles. The van der Waals surface area contributed by atoms with E-state index in [4.69, 9.17) is 5.73 Å². The van der Waals surface area contributed by atoms with Crippen LogP contribution in [0.3, 0.4) is 0 Å². The van der Waals surface area contributed by atoms with Gasteiger partial charge in [-0.15, -0.1) is 0 Å². The smallest absolute Gasteiger partial charge is 0.138 e. The maximum Gasteiger partial charge on any atom is 0.138 e. The van der Waals surface area contributed by atoms with Crippen LogP contribution in [0.25, 0.3) is 0 Å². The molecule has 0 saturated carbocycles. The predicted molar refractivity (Wildman–Crippen MR) is 72.0 cm³/mol. The zero-order chi connectivity index (χ0) is 13.6. The largest absolute Gasteiger partial charge is 0.396 e. The number of aliphatic hydroxyl groups is 1. The van der Waals surface area contributed by atoms with Crippen LogP contribution < -0.4 is 5.73 Å². The fraction of sp³-hybridized carbons (Fsp3) is 0.846. The standard InChI is InChI=1S/C13H26N4O/c1-4-5-13(8-14,9-18)6-12-15-10-16-17(12)7-11(2)3/h10-11,18H,4-9,14H2,1-3H3. The van der Waals surface area contributed by atoms with E-state index in [-0.39, 0.29) is 12.0 Å². The second-order valence-electron chi connectivity index (χ2n) is 5.54. The van der Waals surface area contributed by atoms with Crippen LogP contribution in [0.15, 0.2) is 6.33 Å². The van der Waals surface area contributed by atoms with Crippen LogP contribution in [-0.2, 0) is 13.0 Å². The van der Waals surface area contributed by atoms with Crippen molar-refractivity contribution in [2.45, 2.75) is 46.6 Å². The van der Waals surface area contributed by atoms with Crippen molar-refractivity contribution in [3.63, 3.8) is 0 Å². The summed E-state index contributed by atoms with van der Waals surface area (Å²) < 4.78 is 1.93. The third-order valence-electron chi connectivity index (χ3n) is 3.32. The van der Waals surface area contributed by atoms with E-state index >= 15 is 0 Å². The number of nitrogens with zero attached hydrogens (tertiary/aromatic N) is 3. The summed E-state index contributed by atoms with van der Waals surface area (Å²) in [4.78, 5) is 4.32. The minimum Gasteiger partial charge on any atom is -0.396 e. The van der Waals surface area contributed by atoms with Crippen LogP contribution in [0.2, 0.25) is 0 Å². The van der Waals surface area contributed by atoms with Crippen molar-refractivity contribution >= 4 is 0 Å². The van der Waals surface area contributed by atoms with Crippen molar-refractivity contribution < 1.29 is 5.11 Å². The van der Waals surface area contributed by atoms with Crippen LogP contribution >= 0.6 is 0 Å². The molecular formula is C13H26N4O. The van der Waals surface area contributed by atoms with E-state index in [0.29, 0.717) is 18.9 Å². The molecule has 1 aromatic heterocycles. The van der Waals surface area contributed by atoms with E-state index in [9.17, 15) is 5.11 Å². The van der Waals surface area contributed by atoms with E-state index in [1.54, 1.807) is 6.33 Å². The van der Waals surface area contributed by atoms with Gasteiger partial charge in [0.2, 0.25) is 0 Å². The minimum atomic E-state index is -0.253. The topological polar surface area (TPSA) is 77.0 Å². The predicted octanol–water partition coefficient (Wildman–Crippen LogP) is 1.21. The Morgan fingerprint density at radius 2 is 2.22 bits per heavy atom. The maximum absolute atomic E-state index is 9.64. The fourth-order valence-electron chi connectivity index (χ4n) is 2.25. The Morgan fingerprint density at radius 1 is 1.50 bits per heavy atom. The summed E-state index contributed by atoms with van der Waals surface area (Å²) in [6, 6.07) is 0. The third kappa shape index (κ3) is 3.78. The molecule has 0 saturated heterocycles. The summed E-state index contributed by atoms with van der Waals surface area (Å²) in [5.74, 6) is 1.45. The molecule has 1 atom stereocenters. The highest BCUT2D eigenvalue weighted by atomic mass is 16.3. The van der Waals surface area contributed by atoms with E-state index in [0.717, 1.165) is 25.2 Å². The number of rotatable bonds is 8. The Labute approximate surface area is 109 Å². The van der Waals surface area contributed by atoms with Crippen molar-refractivity contribution in [2.24, 2.45) is 17.1 Å². The summed E-state index contributed by atoms with van der Waals surface area (Å²) in [6.45, 7) is 7.85. The van der Waals surface area contributed by atoms with Gasteiger partial charge in [-0.25, -0.2) is 9.67 Å². The van der Waals surface area contributed by atoms with Gasteiger partial charge in [0.15, 0.2) is 0 Å². The van der Waals surface area contributed by atoms with Crippen molar-refractivity contribution in [1.82, 2.24) is 14.8 Å². The average molecular weight is 254 g/mol. The molecule has 0 bridgehead atoms. The Hall–Kier alpha value is -0.940. The van der Waals surface area contributed by atoms with E-state index in [1.807, 2.05) is 4.68 Å².